The van der Waals surface area contributed by atoms with E-state index >= 15 is 0 Å². The van der Waals surface area contributed by atoms with Crippen molar-refractivity contribution in [2.45, 2.75) is 44.6 Å². The van der Waals surface area contributed by atoms with Crippen molar-refractivity contribution < 1.29 is 14.3 Å². The summed E-state index contributed by atoms with van der Waals surface area (Å²) in [6.07, 6.45) is 5.93. The van der Waals surface area contributed by atoms with Crippen LogP contribution in [0.4, 0.5) is 0 Å². The number of carbonyl (C=O) groups is 2. The minimum Gasteiger partial charge on any atom is -0.494 e. The minimum absolute atomic E-state index is 0.111. The molecule has 142 valence electrons. The first-order chi connectivity index (χ1) is 12.6. The zero-order chi connectivity index (χ0) is 18.4. The van der Waals surface area contributed by atoms with Crippen LogP contribution in [0.2, 0.25) is 0 Å². The molecule has 2 aliphatic heterocycles. The van der Waals surface area contributed by atoms with Crippen molar-refractivity contribution in [1.29, 1.82) is 0 Å². The highest BCUT2D eigenvalue weighted by Gasteiger charge is 2.28. The quantitative estimate of drug-likeness (QED) is 0.870. The number of aryl methyl sites for hydroxylation is 1. The SMILES string of the molecule is NC(=O)CN1CCCOc2cccc(c2)CCC2CCCCN2C(=O)C1. The third-order valence-corrected chi connectivity index (χ3v) is 5.24. The van der Waals surface area contributed by atoms with E-state index in [9.17, 15) is 9.59 Å². The summed E-state index contributed by atoms with van der Waals surface area (Å²) in [5, 5.41) is 0. The lowest BCUT2D eigenvalue weighted by Crippen LogP contribution is -2.49. The van der Waals surface area contributed by atoms with Gasteiger partial charge in [-0.05, 0) is 56.2 Å². The monoisotopic (exact) mass is 359 g/mol. The van der Waals surface area contributed by atoms with Crippen LogP contribution >= 0.6 is 0 Å². The highest BCUT2D eigenvalue weighted by Crippen LogP contribution is 2.23. The number of fused-ring (bicyclic) bond motifs is 3. The van der Waals surface area contributed by atoms with Crippen LogP contribution < -0.4 is 10.5 Å². The first kappa shape index (κ1) is 18.7. The summed E-state index contributed by atoms with van der Waals surface area (Å²) in [5.74, 6) is 0.600. The summed E-state index contributed by atoms with van der Waals surface area (Å²) in [6.45, 7) is 2.35. The number of amides is 2. The average molecular weight is 359 g/mol. The predicted octanol–water partition coefficient (Wildman–Crippen LogP) is 1.57. The maximum Gasteiger partial charge on any atom is 0.237 e. The lowest BCUT2D eigenvalue weighted by molar-refractivity contribution is -0.136. The van der Waals surface area contributed by atoms with Crippen molar-refractivity contribution in [2.24, 2.45) is 5.73 Å². The van der Waals surface area contributed by atoms with Gasteiger partial charge in [-0.2, -0.15) is 0 Å². The van der Waals surface area contributed by atoms with Gasteiger partial charge in [-0.25, -0.2) is 0 Å². The summed E-state index contributed by atoms with van der Waals surface area (Å²) in [7, 11) is 0. The third kappa shape index (κ3) is 5.21. The lowest BCUT2D eigenvalue weighted by atomic mass is 9.95. The molecule has 1 fully saturated rings. The first-order valence-corrected chi connectivity index (χ1v) is 9.63. The molecule has 1 aromatic carbocycles. The Morgan fingerprint density at radius 3 is 2.92 bits per heavy atom. The fourth-order valence-corrected chi connectivity index (χ4v) is 3.95. The number of benzene rings is 1. The van der Waals surface area contributed by atoms with Crippen molar-refractivity contribution in [3.05, 3.63) is 29.8 Å². The molecule has 0 saturated carbocycles. The van der Waals surface area contributed by atoms with Crippen LogP contribution in [0.15, 0.2) is 24.3 Å². The molecule has 3 rings (SSSR count). The van der Waals surface area contributed by atoms with Gasteiger partial charge in [0.05, 0.1) is 19.7 Å². The van der Waals surface area contributed by atoms with E-state index in [1.165, 1.54) is 12.0 Å². The van der Waals surface area contributed by atoms with Crippen molar-refractivity contribution in [1.82, 2.24) is 9.80 Å². The van der Waals surface area contributed by atoms with Gasteiger partial charge >= 0.3 is 0 Å². The van der Waals surface area contributed by atoms with Gasteiger partial charge in [0.15, 0.2) is 0 Å². The normalized spacial score (nSPS) is 22.8. The van der Waals surface area contributed by atoms with Crippen LogP contribution in [-0.4, -0.2) is 60.4 Å². The second-order valence-corrected chi connectivity index (χ2v) is 7.30. The van der Waals surface area contributed by atoms with Crippen molar-refractivity contribution in [3.63, 3.8) is 0 Å². The Balaban J connectivity index is 1.77. The molecule has 26 heavy (non-hydrogen) atoms. The van der Waals surface area contributed by atoms with Crippen LogP contribution in [-0.2, 0) is 16.0 Å². The van der Waals surface area contributed by atoms with E-state index in [-0.39, 0.29) is 25.0 Å². The van der Waals surface area contributed by atoms with Crippen LogP contribution in [0.25, 0.3) is 0 Å². The maximum absolute atomic E-state index is 12.9. The van der Waals surface area contributed by atoms with Crippen molar-refractivity contribution in [2.75, 3.05) is 32.8 Å². The molecule has 2 heterocycles. The summed E-state index contributed by atoms with van der Waals surface area (Å²) in [5.41, 5.74) is 6.62. The molecule has 1 saturated heterocycles. The Morgan fingerprint density at radius 2 is 2.08 bits per heavy atom. The van der Waals surface area contributed by atoms with Gasteiger partial charge < -0.3 is 15.4 Å². The molecular formula is C20H29N3O3. The summed E-state index contributed by atoms with van der Waals surface area (Å²) >= 11 is 0. The van der Waals surface area contributed by atoms with Gasteiger partial charge in [-0.15, -0.1) is 0 Å². The molecular weight excluding hydrogens is 330 g/mol. The van der Waals surface area contributed by atoms with E-state index in [0.717, 1.165) is 44.4 Å². The number of nitrogens with zero attached hydrogens (tertiary/aromatic N) is 2. The number of piperidine rings is 1. The molecule has 0 aliphatic carbocycles. The van der Waals surface area contributed by atoms with E-state index in [1.54, 1.807) is 0 Å². The van der Waals surface area contributed by atoms with Crippen LogP contribution in [0.5, 0.6) is 5.75 Å². The van der Waals surface area contributed by atoms with Crippen LogP contribution in [0.1, 0.15) is 37.7 Å². The highest BCUT2D eigenvalue weighted by atomic mass is 16.5. The molecule has 6 heteroatoms. The Morgan fingerprint density at radius 1 is 1.19 bits per heavy atom. The topological polar surface area (TPSA) is 75.9 Å². The Hall–Kier alpha value is -2.08. The highest BCUT2D eigenvalue weighted by molar-refractivity contribution is 5.80. The smallest absolute Gasteiger partial charge is 0.237 e. The van der Waals surface area contributed by atoms with Gasteiger partial charge in [0.2, 0.25) is 11.8 Å². The van der Waals surface area contributed by atoms with E-state index in [2.05, 4.69) is 12.1 Å². The summed E-state index contributed by atoms with van der Waals surface area (Å²) in [6, 6.07) is 8.51. The van der Waals surface area contributed by atoms with Gasteiger partial charge in [-0.1, -0.05) is 12.1 Å². The summed E-state index contributed by atoms with van der Waals surface area (Å²) in [4.78, 5) is 28.1. The molecule has 2 bridgehead atoms. The molecule has 1 aromatic rings. The molecule has 2 amide bonds. The number of hydrogen-bond acceptors (Lipinski definition) is 4. The standard InChI is InChI=1S/C20H29N3O3/c21-19(24)14-22-10-4-12-26-18-7-3-5-16(13-18)8-9-17-6-1-2-11-23(17)20(25)15-22/h3,5,7,13,17H,1-2,4,6,8-12,14-15H2,(H2,21,24). The van der Waals surface area contributed by atoms with E-state index in [1.807, 2.05) is 21.9 Å². The average Bonchev–Trinajstić information content (AvgIpc) is 2.63. The van der Waals surface area contributed by atoms with Gasteiger partial charge in [0.25, 0.3) is 0 Å². The fourth-order valence-electron chi connectivity index (χ4n) is 3.95. The number of nitrogens with two attached hydrogens (primary N) is 1. The number of primary amides is 1. The number of carbonyl (C=O) groups excluding carboxylic acids is 2. The molecule has 2 aliphatic rings. The molecule has 0 spiro atoms. The largest absolute Gasteiger partial charge is 0.494 e. The number of ether oxygens (including phenoxy) is 1. The molecule has 0 aromatic heterocycles. The molecule has 1 atom stereocenters. The second-order valence-electron chi connectivity index (χ2n) is 7.30. The van der Waals surface area contributed by atoms with Gasteiger partial charge in [0, 0.05) is 19.1 Å². The van der Waals surface area contributed by atoms with Crippen LogP contribution in [0.3, 0.4) is 0 Å². The van der Waals surface area contributed by atoms with Crippen molar-refractivity contribution >= 4 is 11.8 Å². The Bertz CT molecular complexity index is 634. The van der Waals surface area contributed by atoms with E-state index < -0.39 is 5.91 Å². The lowest BCUT2D eigenvalue weighted by Gasteiger charge is -2.37. The predicted molar refractivity (Wildman–Crippen MR) is 99.9 cm³/mol. The molecule has 2 N–H and O–H groups in total. The van der Waals surface area contributed by atoms with Gasteiger partial charge in [0.1, 0.15) is 5.75 Å². The first-order valence-electron chi connectivity index (χ1n) is 9.63. The zero-order valence-electron chi connectivity index (χ0n) is 15.4. The van der Waals surface area contributed by atoms with E-state index in [4.69, 9.17) is 10.5 Å². The third-order valence-electron chi connectivity index (χ3n) is 5.24. The molecule has 6 nitrogen and oxygen atoms in total. The zero-order valence-corrected chi connectivity index (χ0v) is 15.4. The van der Waals surface area contributed by atoms with Crippen molar-refractivity contribution in [3.8, 4) is 5.75 Å². The summed E-state index contributed by atoms with van der Waals surface area (Å²) < 4.78 is 5.84. The Kier molecular flexibility index (Phi) is 6.50. The van der Waals surface area contributed by atoms with E-state index in [0.29, 0.717) is 13.2 Å². The maximum atomic E-state index is 12.9. The number of rotatable bonds is 2. The Labute approximate surface area is 155 Å². The second kappa shape index (κ2) is 9.03. The fraction of sp³-hybridized carbons (Fsp3) is 0.600. The van der Waals surface area contributed by atoms with Crippen LogP contribution in [0, 0.1) is 0 Å². The minimum atomic E-state index is -0.400. The van der Waals surface area contributed by atoms with Gasteiger partial charge in [-0.3, -0.25) is 14.5 Å². The number of hydrogen-bond donors (Lipinski definition) is 1. The molecule has 0 radical (unpaired) electrons. The molecule has 1 unspecified atom stereocenters.